The number of hydrogen-bond donors (Lipinski definition) is 1. The molecule has 102 valence electrons. The van der Waals surface area contributed by atoms with Crippen LogP contribution in [0.15, 0.2) is 0 Å². The van der Waals surface area contributed by atoms with Gasteiger partial charge in [-0.3, -0.25) is 4.90 Å². The summed E-state index contributed by atoms with van der Waals surface area (Å²) >= 11 is 2.05. The third-order valence-corrected chi connectivity index (χ3v) is 4.56. The zero-order valence-electron chi connectivity index (χ0n) is 11.9. The van der Waals surface area contributed by atoms with Gasteiger partial charge in [-0.05, 0) is 56.3 Å². The van der Waals surface area contributed by atoms with E-state index in [1.807, 2.05) is 11.8 Å². The Balaban J connectivity index is 2.12. The van der Waals surface area contributed by atoms with Gasteiger partial charge in [-0.15, -0.1) is 0 Å². The van der Waals surface area contributed by atoms with Crippen molar-refractivity contribution < 1.29 is 0 Å². The maximum Gasteiger partial charge on any atom is 0.0243 e. The Hall–Kier alpha value is 0.270. The first-order valence-electron chi connectivity index (χ1n) is 7.28. The van der Waals surface area contributed by atoms with Crippen LogP contribution in [0.4, 0.5) is 0 Å². The summed E-state index contributed by atoms with van der Waals surface area (Å²) in [7, 11) is 0. The molecule has 0 aromatic heterocycles. The first kappa shape index (κ1) is 15.3. The van der Waals surface area contributed by atoms with Crippen molar-refractivity contribution >= 4 is 11.8 Å². The summed E-state index contributed by atoms with van der Waals surface area (Å²) in [6, 6.07) is 0.747. The first-order valence-corrected chi connectivity index (χ1v) is 8.43. The fraction of sp³-hybridized carbons (Fsp3) is 1.00. The van der Waals surface area contributed by atoms with E-state index in [0.29, 0.717) is 0 Å². The molecule has 1 rings (SSSR count). The number of likely N-dealkylation sites (tertiary alicyclic amines) is 1. The largest absolute Gasteiger partial charge is 0.315 e. The van der Waals surface area contributed by atoms with E-state index >= 15 is 0 Å². The predicted molar refractivity (Wildman–Crippen MR) is 79.9 cm³/mol. The SMILES string of the molecule is CCSCCCNCC(C(C)C)N1CCCC1. The van der Waals surface area contributed by atoms with Crippen LogP contribution in [0.3, 0.4) is 0 Å². The number of nitrogens with one attached hydrogen (secondary N) is 1. The van der Waals surface area contributed by atoms with Crippen LogP contribution in [0, 0.1) is 5.92 Å². The summed E-state index contributed by atoms with van der Waals surface area (Å²) in [6.07, 6.45) is 4.11. The second-order valence-corrected chi connectivity index (χ2v) is 6.70. The summed E-state index contributed by atoms with van der Waals surface area (Å²) in [5.41, 5.74) is 0. The van der Waals surface area contributed by atoms with E-state index in [4.69, 9.17) is 0 Å². The molecule has 0 radical (unpaired) electrons. The fourth-order valence-corrected chi connectivity index (χ4v) is 3.19. The predicted octanol–water partition coefficient (Wildman–Crippen LogP) is 2.84. The van der Waals surface area contributed by atoms with Crippen LogP contribution < -0.4 is 5.32 Å². The molecule has 3 heteroatoms. The van der Waals surface area contributed by atoms with Gasteiger partial charge in [-0.1, -0.05) is 20.8 Å². The van der Waals surface area contributed by atoms with Crippen molar-refractivity contribution in [1.82, 2.24) is 10.2 Å². The molecule has 2 nitrogen and oxygen atoms in total. The molecular formula is C14H30N2S. The monoisotopic (exact) mass is 258 g/mol. The molecule has 0 saturated carbocycles. The van der Waals surface area contributed by atoms with Gasteiger partial charge in [0.05, 0.1) is 0 Å². The topological polar surface area (TPSA) is 15.3 Å². The Bertz CT molecular complexity index is 179. The van der Waals surface area contributed by atoms with Crippen molar-refractivity contribution in [3.8, 4) is 0 Å². The average molecular weight is 258 g/mol. The minimum atomic E-state index is 0.747. The third kappa shape index (κ3) is 6.12. The van der Waals surface area contributed by atoms with Crippen molar-refractivity contribution in [2.75, 3.05) is 37.7 Å². The second kappa shape index (κ2) is 9.23. The van der Waals surface area contributed by atoms with Gasteiger partial charge in [0.1, 0.15) is 0 Å². The highest BCUT2D eigenvalue weighted by Gasteiger charge is 2.23. The lowest BCUT2D eigenvalue weighted by Crippen LogP contribution is -2.44. The van der Waals surface area contributed by atoms with Crippen LogP contribution in [0.2, 0.25) is 0 Å². The second-order valence-electron chi connectivity index (χ2n) is 5.31. The maximum absolute atomic E-state index is 3.65. The molecule has 17 heavy (non-hydrogen) atoms. The molecule has 1 N–H and O–H groups in total. The van der Waals surface area contributed by atoms with Gasteiger partial charge in [-0.2, -0.15) is 11.8 Å². The fourth-order valence-electron chi connectivity index (χ4n) is 2.55. The minimum absolute atomic E-state index is 0.747. The normalized spacial score (nSPS) is 19.1. The van der Waals surface area contributed by atoms with Gasteiger partial charge in [-0.25, -0.2) is 0 Å². The highest BCUT2D eigenvalue weighted by Crippen LogP contribution is 2.17. The number of thioether (sulfide) groups is 1. The Morgan fingerprint density at radius 3 is 2.53 bits per heavy atom. The summed E-state index contributed by atoms with van der Waals surface area (Å²) < 4.78 is 0. The van der Waals surface area contributed by atoms with E-state index in [2.05, 4.69) is 31.0 Å². The molecule has 1 aliphatic rings. The molecule has 0 aromatic rings. The van der Waals surface area contributed by atoms with Crippen molar-refractivity contribution in [1.29, 1.82) is 0 Å². The van der Waals surface area contributed by atoms with E-state index in [1.165, 1.54) is 56.9 Å². The van der Waals surface area contributed by atoms with Crippen LogP contribution in [0.5, 0.6) is 0 Å². The van der Waals surface area contributed by atoms with E-state index < -0.39 is 0 Å². The molecule has 1 atom stereocenters. The van der Waals surface area contributed by atoms with Crippen LogP contribution in [-0.2, 0) is 0 Å². The molecule has 0 aromatic carbocycles. The molecule has 1 aliphatic heterocycles. The third-order valence-electron chi connectivity index (χ3n) is 3.58. The van der Waals surface area contributed by atoms with Crippen LogP contribution in [0.1, 0.15) is 40.0 Å². The van der Waals surface area contributed by atoms with E-state index in [0.717, 1.165) is 12.0 Å². The molecule has 0 amide bonds. The lowest BCUT2D eigenvalue weighted by Gasteiger charge is -2.31. The molecule has 1 saturated heterocycles. The summed E-state index contributed by atoms with van der Waals surface area (Å²) in [6.45, 7) is 11.9. The molecule has 0 bridgehead atoms. The summed E-state index contributed by atoms with van der Waals surface area (Å²) in [4.78, 5) is 2.68. The van der Waals surface area contributed by atoms with Gasteiger partial charge in [0, 0.05) is 12.6 Å². The number of nitrogens with zero attached hydrogens (tertiary/aromatic N) is 1. The van der Waals surface area contributed by atoms with Crippen molar-refractivity contribution in [2.45, 2.75) is 46.1 Å². The Morgan fingerprint density at radius 2 is 1.94 bits per heavy atom. The Kier molecular flexibility index (Phi) is 8.33. The molecule has 1 unspecified atom stereocenters. The highest BCUT2D eigenvalue weighted by atomic mass is 32.2. The molecule has 1 heterocycles. The lowest BCUT2D eigenvalue weighted by atomic mass is 10.0. The quantitative estimate of drug-likeness (QED) is 0.640. The summed E-state index contributed by atoms with van der Waals surface area (Å²) in [5, 5.41) is 3.65. The van der Waals surface area contributed by atoms with Gasteiger partial charge >= 0.3 is 0 Å². The van der Waals surface area contributed by atoms with Crippen LogP contribution in [-0.4, -0.2) is 48.6 Å². The first-order chi connectivity index (χ1) is 8.25. The van der Waals surface area contributed by atoms with Gasteiger partial charge < -0.3 is 5.32 Å². The van der Waals surface area contributed by atoms with Gasteiger partial charge in [0.2, 0.25) is 0 Å². The van der Waals surface area contributed by atoms with Gasteiger partial charge in [0.25, 0.3) is 0 Å². The van der Waals surface area contributed by atoms with Crippen molar-refractivity contribution in [2.24, 2.45) is 5.92 Å². The smallest absolute Gasteiger partial charge is 0.0243 e. The summed E-state index contributed by atoms with van der Waals surface area (Å²) in [5.74, 6) is 3.33. The average Bonchev–Trinajstić information content (AvgIpc) is 2.81. The van der Waals surface area contributed by atoms with Crippen molar-refractivity contribution in [3.05, 3.63) is 0 Å². The zero-order chi connectivity index (χ0) is 12.5. The van der Waals surface area contributed by atoms with Crippen LogP contribution >= 0.6 is 11.8 Å². The Labute approximate surface area is 112 Å². The highest BCUT2D eigenvalue weighted by molar-refractivity contribution is 7.99. The molecular weight excluding hydrogens is 228 g/mol. The number of rotatable bonds is 9. The van der Waals surface area contributed by atoms with Crippen LogP contribution in [0.25, 0.3) is 0 Å². The molecule has 0 spiro atoms. The van der Waals surface area contributed by atoms with E-state index in [-0.39, 0.29) is 0 Å². The lowest BCUT2D eigenvalue weighted by molar-refractivity contribution is 0.187. The Morgan fingerprint density at radius 1 is 1.24 bits per heavy atom. The zero-order valence-corrected chi connectivity index (χ0v) is 12.7. The maximum atomic E-state index is 3.65. The van der Waals surface area contributed by atoms with Gasteiger partial charge in [0.15, 0.2) is 0 Å². The molecule has 1 fully saturated rings. The van der Waals surface area contributed by atoms with E-state index in [1.54, 1.807) is 0 Å². The standard InChI is InChI=1S/C14H30N2S/c1-4-17-11-7-8-15-12-14(13(2)3)16-9-5-6-10-16/h13-15H,4-12H2,1-3H3. The molecule has 0 aliphatic carbocycles. The van der Waals surface area contributed by atoms with E-state index in [9.17, 15) is 0 Å². The minimum Gasteiger partial charge on any atom is -0.315 e. The van der Waals surface area contributed by atoms with Crippen molar-refractivity contribution in [3.63, 3.8) is 0 Å². The number of hydrogen-bond acceptors (Lipinski definition) is 3.